The van der Waals surface area contributed by atoms with Crippen LogP contribution in [0.5, 0.6) is 0 Å². The summed E-state index contributed by atoms with van der Waals surface area (Å²) in [7, 11) is 0. The molecule has 0 aromatic rings. The Morgan fingerprint density at radius 1 is 1.60 bits per heavy atom. The van der Waals surface area contributed by atoms with E-state index in [1.807, 2.05) is 6.26 Å². The molecule has 0 aromatic heterocycles. The van der Waals surface area contributed by atoms with E-state index in [1.54, 1.807) is 17.8 Å². The summed E-state index contributed by atoms with van der Waals surface area (Å²) in [6.07, 6.45) is 4.12. The number of allylic oxidation sites excluding steroid dienone is 1. The molecule has 0 fully saturated rings. The predicted molar refractivity (Wildman–Crippen MR) is 42.8 cm³/mol. The first-order valence-electron chi connectivity index (χ1n) is 3.35. The molecule has 0 aliphatic heterocycles. The fourth-order valence-corrected chi connectivity index (χ4v) is 1.61. The highest BCUT2D eigenvalue weighted by Gasteiger charge is 2.19. The van der Waals surface area contributed by atoms with Crippen LogP contribution in [0, 0.1) is 0 Å². The maximum Gasteiger partial charge on any atom is 0.0990 e. The molecule has 0 bridgehead atoms. The maximum atomic E-state index is 9.14. The van der Waals surface area contributed by atoms with E-state index in [2.05, 4.69) is 0 Å². The van der Waals surface area contributed by atoms with Crippen molar-refractivity contribution in [1.82, 2.24) is 0 Å². The number of rotatable bonds is 1. The van der Waals surface area contributed by atoms with Crippen molar-refractivity contribution in [1.29, 1.82) is 0 Å². The summed E-state index contributed by atoms with van der Waals surface area (Å²) in [5, 5.41) is 18.2. The van der Waals surface area contributed by atoms with Crippen LogP contribution in [-0.2, 0) is 0 Å². The Hall–Kier alpha value is 0.01000. The normalized spacial score (nSPS) is 33.7. The van der Waals surface area contributed by atoms with Gasteiger partial charge >= 0.3 is 0 Å². The van der Waals surface area contributed by atoms with Crippen molar-refractivity contribution in [3.63, 3.8) is 0 Å². The second-order valence-corrected chi connectivity index (χ2v) is 3.37. The van der Waals surface area contributed by atoms with Crippen LogP contribution in [0.25, 0.3) is 0 Å². The van der Waals surface area contributed by atoms with Gasteiger partial charge in [0, 0.05) is 0 Å². The van der Waals surface area contributed by atoms with Crippen molar-refractivity contribution < 1.29 is 10.2 Å². The van der Waals surface area contributed by atoms with Crippen LogP contribution in [0.3, 0.4) is 0 Å². The van der Waals surface area contributed by atoms with E-state index in [-0.39, 0.29) is 0 Å². The summed E-state index contributed by atoms with van der Waals surface area (Å²) in [5.41, 5.74) is 0. The first-order valence-corrected chi connectivity index (χ1v) is 4.57. The molecular formula is C7H12O2S. The van der Waals surface area contributed by atoms with E-state index in [4.69, 9.17) is 10.2 Å². The molecule has 0 heterocycles. The third-order valence-electron chi connectivity index (χ3n) is 1.70. The monoisotopic (exact) mass is 160 g/mol. The van der Waals surface area contributed by atoms with Crippen molar-refractivity contribution >= 4 is 11.8 Å². The van der Waals surface area contributed by atoms with Gasteiger partial charge in [0.2, 0.25) is 0 Å². The first kappa shape index (κ1) is 8.11. The van der Waals surface area contributed by atoms with E-state index in [9.17, 15) is 0 Å². The van der Waals surface area contributed by atoms with Gasteiger partial charge in [-0.1, -0.05) is 0 Å². The van der Waals surface area contributed by atoms with E-state index in [0.29, 0.717) is 6.42 Å². The molecule has 3 heteroatoms. The van der Waals surface area contributed by atoms with Crippen LogP contribution in [0.15, 0.2) is 11.0 Å². The highest BCUT2D eigenvalue weighted by Crippen LogP contribution is 2.25. The van der Waals surface area contributed by atoms with Gasteiger partial charge in [-0.2, -0.15) is 0 Å². The van der Waals surface area contributed by atoms with Crippen LogP contribution >= 0.6 is 11.8 Å². The molecule has 0 amide bonds. The zero-order valence-electron chi connectivity index (χ0n) is 5.95. The Bertz CT molecular complexity index is 145. The first-order chi connectivity index (χ1) is 4.74. The summed E-state index contributed by atoms with van der Waals surface area (Å²) < 4.78 is 0. The zero-order chi connectivity index (χ0) is 7.56. The highest BCUT2D eigenvalue weighted by molar-refractivity contribution is 8.02. The lowest BCUT2D eigenvalue weighted by molar-refractivity contribution is 0.0384. The second-order valence-electron chi connectivity index (χ2n) is 2.43. The Morgan fingerprint density at radius 2 is 2.30 bits per heavy atom. The summed E-state index contributed by atoms with van der Waals surface area (Å²) in [6, 6.07) is 0. The minimum absolute atomic E-state index is 0.545. The smallest absolute Gasteiger partial charge is 0.0990 e. The number of thioether (sulfide) groups is 1. The molecule has 1 rings (SSSR count). The van der Waals surface area contributed by atoms with Crippen molar-refractivity contribution in [2.45, 2.75) is 25.0 Å². The molecule has 58 valence electrons. The van der Waals surface area contributed by atoms with E-state index in [0.717, 1.165) is 6.42 Å². The van der Waals surface area contributed by atoms with E-state index in [1.165, 1.54) is 4.91 Å². The Balaban J connectivity index is 2.56. The van der Waals surface area contributed by atoms with Crippen molar-refractivity contribution in [3.8, 4) is 0 Å². The lowest BCUT2D eigenvalue weighted by atomic mass is 10.0. The third-order valence-corrected chi connectivity index (χ3v) is 2.56. The molecule has 2 atom stereocenters. The SMILES string of the molecule is CSC1=CC(O)C(O)CC1. The van der Waals surface area contributed by atoms with Gasteiger partial charge < -0.3 is 10.2 Å². The van der Waals surface area contributed by atoms with E-state index < -0.39 is 12.2 Å². The largest absolute Gasteiger partial charge is 0.390 e. The molecule has 0 saturated heterocycles. The van der Waals surface area contributed by atoms with Gasteiger partial charge in [0.25, 0.3) is 0 Å². The molecule has 1 aliphatic rings. The molecule has 0 aromatic carbocycles. The number of aliphatic hydroxyl groups is 2. The molecule has 0 saturated carbocycles. The van der Waals surface area contributed by atoms with Gasteiger partial charge in [0.05, 0.1) is 12.2 Å². The number of hydrogen-bond donors (Lipinski definition) is 2. The molecule has 2 N–H and O–H groups in total. The standard InChI is InChI=1S/C7H12O2S/c1-10-5-2-3-6(8)7(9)4-5/h4,6-9H,2-3H2,1H3. The molecule has 1 aliphatic carbocycles. The Kier molecular flexibility index (Phi) is 2.77. The van der Waals surface area contributed by atoms with Crippen LogP contribution in [0.1, 0.15) is 12.8 Å². The third kappa shape index (κ3) is 1.75. The number of aliphatic hydroxyl groups excluding tert-OH is 2. The fourth-order valence-electron chi connectivity index (χ4n) is 1.02. The molecular weight excluding hydrogens is 148 g/mol. The minimum atomic E-state index is -0.642. The van der Waals surface area contributed by atoms with Gasteiger partial charge in [-0.05, 0) is 30.1 Å². The van der Waals surface area contributed by atoms with Gasteiger partial charge in [-0.15, -0.1) is 11.8 Å². The van der Waals surface area contributed by atoms with Gasteiger partial charge in [-0.25, -0.2) is 0 Å². The quantitative estimate of drug-likeness (QED) is 0.594. The molecule has 2 nitrogen and oxygen atoms in total. The average Bonchev–Trinajstić information content (AvgIpc) is 1.95. The second kappa shape index (κ2) is 3.42. The highest BCUT2D eigenvalue weighted by atomic mass is 32.2. The van der Waals surface area contributed by atoms with Gasteiger partial charge in [0.15, 0.2) is 0 Å². The lowest BCUT2D eigenvalue weighted by Gasteiger charge is -2.21. The zero-order valence-corrected chi connectivity index (χ0v) is 6.77. The van der Waals surface area contributed by atoms with Gasteiger partial charge in [0.1, 0.15) is 0 Å². The summed E-state index contributed by atoms with van der Waals surface area (Å²) in [4.78, 5) is 1.18. The summed E-state index contributed by atoms with van der Waals surface area (Å²) >= 11 is 1.64. The van der Waals surface area contributed by atoms with Crippen LogP contribution < -0.4 is 0 Å². The van der Waals surface area contributed by atoms with Crippen molar-refractivity contribution in [3.05, 3.63) is 11.0 Å². The summed E-state index contributed by atoms with van der Waals surface area (Å²) in [5.74, 6) is 0. The topological polar surface area (TPSA) is 40.5 Å². The number of hydrogen-bond acceptors (Lipinski definition) is 3. The van der Waals surface area contributed by atoms with Crippen LogP contribution in [-0.4, -0.2) is 28.7 Å². The maximum absolute atomic E-state index is 9.14. The lowest BCUT2D eigenvalue weighted by Crippen LogP contribution is -2.26. The fraction of sp³-hybridized carbons (Fsp3) is 0.714. The molecule has 10 heavy (non-hydrogen) atoms. The Morgan fingerprint density at radius 3 is 2.80 bits per heavy atom. The van der Waals surface area contributed by atoms with Crippen molar-refractivity contribution in [2.75, 3.05) is 6.26 Å². The summed E-state index contributed by atoms with van der Waals surface area (Å²) in [6.45, 7) is 0. The molecule has 0 spiro atoms. The van der Waals surface area contributed by atoms with Gasteiger partial charge in [-0.3, -0.25) is 0 Å². The van der Waals surface area contributed by atoms with Crippen LogP contribution in [0.4, 0.5) is 0 Å². The molecule has 0 radical (unpaired) electrons. The van der Waals surface area contributed by atoms with Crippen molar-refractivity contribution in [2.24, 2.45) is 0 Å². The van der Waals surface area contributed by atoms with Crippen LogP contribution in [0.2, 0.25) is 0 Å². The minimum Gasteiger partial charge on any atom is -0.390 e. The van der Waals surface area contributed by atoms with E-state index >= 15 is 0 Å². The molecule has 2 unspecified atom stereocenters. The Labute approximate surface area is 64.9 Å². The predicted octanol–water partition coefficient (Wildman–Crippen LogP) is 0.749. The average molecular weight is 160 g/mol.